The van der Waals surface area contributed by atoms with Crippen LogP contribution in [0.4, 0.5) is 0 Å². The minimum Gasteiger partial charge on any atom is -0.310 e. The molecule has 2 saturated carbocycles. The summed E-state index contributed by atoms with van der Waals surface area (Å²) in [7, 11) is 0. The maximum Gasteiger partial charge on any atom is 0.0351 e. The molecule has 0 aromatic heterocycles. The third-order valence-corrected chi connectivity index (χ3v) is 5.70. The van der Waals surface area contributed by atoms with E-state index in [4.69, 9.17) is 0 Å². The van der Waals surface area contributed by atoms with Gasteiger partial charge >= 0.3 is 0 Å². The van der Waals surface area contributed by atoms with E-state index in [-0.39, 0.29) is 0 Å². The van der Waals surface area contributed by atoms with Crippen molar-refractivity contribution in [3.05, 3.63) is 35.4 Å². The summed E-state index contributed by atoms with van der Waals surface area (Å²) in [6, 6.07) is 9.89. The van der Waals surface area contributed by atoms with E-state index in [2.05, 4.69) is 43.4 Å². The molecule has 1 aromatic carbocycles. The van der Waals surface area contributed by atoms with Crippen LogP contribution in [0.5, 0.6) is 0 Å². The Bertz CT molecular complexity index is 449. The first kappa shape index (κ1) is 15.1. The molecule has 0 amide bonds. The summed E-state index contributed by atoms with van der Waals surface area (Å²) < 4.78 is 0. The highest BCUT2D eigenvalue weighted by molar-refractivity contribution is 5.34. The molecule has 1 nitrogen and oxygen atoms in total. The molecule has 1 heteroatoms. The summed E-state index contributed by atoms with van der Waals surface area (Å²) in [5.41, 5.74) is 3.27. The lowest BCUT2D eigenvalue weighted by Gasteiger charge is -2.33. The molecule has 0 radical (unpaired) electrons. The molecule has 0 spiro atoms. The Labute approximate surface area is 130 Å². The van der Waals surface area contributed by atoms with Gasteiger partial charge in [-0.15, -0.1) is 0 Å². The second-order valence-corrected chi connectivity index (χ2v) is 7.37. The first-order chi connectivity index (χ1) is 10.3. The van der Waals surface area contributed by atoms with Crippen molar-refractivity contribution in [2.75, 3.05) is 6.54 Å². The molecule has 3 rings (SSSR count). The van der Waals surface area contributed by atoms with Gasteiger partial charge in [0.1, 0.15) is 0 Å². The topological polar surface area (TPSA) is 12.0 Å². The van der Waals surface area contributed by atoms with Crippen LogP contribution in [0.15, 0.2) is 24.3 Å². The number of nitrogens with one attached hydrogen (secondary N) is 1. The van der Waals surface area contributed by atoms with Crippen molar-refractivity contribution in [3.8, 4) is 0 Å². The van der Waals surface area contributed by atoms with Gasteiger partial charge in [0.05, 0.1) is 0 Å². The van der Waals surface area contributed by atoms with E-state index in [1.807, 2.05) is 0 Å². The van der Waals surface area contributed by atoms with Crippen LogP contribution in [0, 0.1) is 11.8 Å². The number of benzene rings is 1. The van der Waals surface area contributed by atoms with E-state index in [0.29, 0.717) is 6.04 Å². The Morgan fingerprint density at radius 2 is 1.95 bits per heavy atom. The van der Waals surface area contributed by atoms with E-state index in [9.17, 15) is 0 Å². The first-order valence-electron chi connectivity index (χ1n) is 9.11. The van der Waals surface area contributed by atoms with E-state index >= 15 is 0 Å². The van der Waals surface area contributed by atoms with E-state index < -0.39 is 0 Å². The molecule has 0 heterocycles. The summed E-state index contributed by atoms with van der Waals surface area (Å²) in [4.78, 5) is 0. The number of rotatable bonds is 6. The van der Waals surface area contributed by atoms with Gasteiger partial charge in [-0.2, -0.15) is 0 Å². The second-order valence-electron chi connectivity index (χ2n) is 7.37. The van der Waals surface area contributed by atoms with Gasteiger partial charge in [-0.25, -0.2) is 0 Å². The Kier molecular flexibility index (Phi) is 5.00. The smallest absolute Gasteiger partial charge is 0.0351 e. The van der Waals surface area contributed by atoms with Crippen molar-refractivity contribution in [1.29, 1.82) is 0 Å². The highest BCUT2D eigenvalue weighted by Gasteiger charge is 2.32. The van der Waals surface area contributed by atoms with Crippen LogP contribution in [0.3, 0.4) is 0 Å². The molecule has 1 N–H and O–H groups in total. The summed E-state index contributed by atoms with van der Waals surface area (Å²) >= 11 is 0. The van der Waals surface area contributed by atoms with Crippen molar-refractivity contribution in [1.82, 2.24) is 5.32 Å². The molecule has 2 aliphatic carbocycles. The van der Waals surface area contributed by atoms with Crippen molar-refractivity contribution in [3.63, 3.8) is 0 Å². The van der Waals surface area contributed by atoms with Gasteiger partial charge < -0.3 is 5.32 Å². The fraction of sp³-hybridized carbons (Fsp3) is 0.700. The number of hydrogen-bond acceptors (Lipinski definition) is 1. The summed E-state index contributed by atoms with van der Waals surface area (Å²) in [5, 5.41) is 3.89. The van der Waals surface area contributed by atoms with Gasteiger partial charge in [0.2, 0.25) is 0 Å². The Morgan fingerprint density at radius 3 is 2.57 bits per heavy atom. The fourth-order valence-corrected chi connectivity index (χ4v) is 4.27. The average Bonchev–Trinajstić information content (AvgIpc) is 2.85. The standard InChI is InChI=1S/C20H31N/c1-3-13-21-20(17-12-11-15(2)14-17)19-10-5-4-9-18(19)16-7-6-8-16/h4-5,9-10,15-17,20-21H,3,6-8,11-14H2,1-2H3. The molecule has 0 saturated heterocycles. The van der Waals surface area contributed by atoms with E-state index in [1.165, 1.54) is 44.9 Å². The molecule has 0 aliphatic heterocycles. The van der Waals surface area contributed by atoms with Crippen LogP contribution in [-0.4, -0.2) is 6.54 Å². The van der Waals surface area contributed by atoms with Gasteiger partial charge in [0, 0.05) is 6.04 Å². The predicted octanol–water partition coefficient (Wildman–Crippen LogP) is 5.43. The quantitative estimate of drug-likeness (QED) is 0.734. The Hall–Kier alpha value is -0.820. The van der Waals surface area contributed by atoms with Gasteiger partial charge in [-0.05, 0) is 67.5 Å². The molecule has 0 bridgehead atoms. The zero-order chi connectivity index (χ0) is 14.7. The zero-order valence-electron chi connectivity index (χ0n) is 13.8. The molecule has 1 aromatic rings. The van der Waals surface area contributed by atoms with Crippen molar-refractivity contribution < 1.29 is 0 Å². The SMILES string of the molecule is CCCNC(c1ccccc1C1CCC1)C1CCC(C)C1. The molecule has 116 valence electrons. The Balaban J connectivity index is 1.84. The van der Waals surface area contributed by atoms with Crippen LogP contribution in [0.1, 0.15) is 81.9 Å². The van der Waals surface area contributed by atoms with Crippen molar-refractivity contribution in [2.45, 2.75) is 70.8 Å². The van der Waals surface area contributed by atoms with Gasteiger partial charge in [-0.3, -0.25) is 0 Å². The highest BCUT2D eigenvalue weighted by atomic mass is 14.9. The molecule has 2 aliphatic rings. The largest absolute Gasteiger partial charge is 0.310 e. The van der Waals surface area contributed by atoms with Crippen LogP contribution in [-0.2, 0) is 0 Å². The summed E-state index contributed by atoms with van der Waals surface area (Å²) in [5.74, 6) is 2.59. The Morgan fingerprint density at radius 1 is 1.14 bits per heavy atom. The molecule has 2 fully saturated rings. The highest BCUT2D eigenvalue weighted by Crippen LogP contribution is 2.44. The molecule has 3 atom stereocenters. The average molecular weight is 285 g/mol. The molecule has 21 heavy (non-hydrogen) atoms. The lowest BCUT2D eigenvalue weighted by molar-refractivity contribution is 0.348. The van der Waals surface area contributed by atoms with Crippen molar-refractivity contribution >= 4 is 0 Å². The third-order valence-electron chi connectivity index (χ3n) is 5.70. The minimum absolute atomic E-state index is 0.590. The van der Waals surface area contributed by atoms with Crippen LogP contribution < -0.4 is 5.32 Å². The first-order valence-corrected chi connectivity index (χ1v) is 9.11. The summed E-state index contributed by atoms with van der Waals surface area (Å²) in [6.45, 7) is 5.85. The zero-order valence-corrected chi connectivity index (χ0v) is 13.8. The maximum atomic E-state index is 3.89. The number of hydrogen-bond donors (Lipinski definition) is 1. The monoisotopic (exact) mass is 285 g/mol. The van der Waals surface area contributed by atoms with Crippen LogP contribution >= 0.6 is 0 Å². The molecule has 3 unspecified atom stereocenters. The lowest BCUT2D eigenvalue weighted by atomic mass is 9.75. The maximum absolute atomic E-state index is 3.89. The van der Waals surface area contributed by atoms with Gasteiger partial charge in [-0.1, -0.05) is 51.0 Å². The second kappa shape index (κ2) is 6.96. The van der Waals surface area contributed by atoms with Crippen LogP contribution in [0.25, 0.3) is 0 Å². The van der Waals surface area contributed by atoms with E-state index in [0.717, 1.165) is 24.3 Å². The minimum atomic E-state index is 0.590. The van der Waals surface area contributed by atoms with E-state index in [1.54, 1.807) is 11.1 Å². The fourth-order valence-electron chi connectivity index (χ4n) is 4.27. The van der Waals surface area contributed by atoms with Crippen LogP contribution in [0.2, 0.25) is 0 Å². The van der Waals surface area contributed by atoms with Gasteiger partial charge in [0.15, 0.2) is 0 Å². The third kappa shape index (κ3) is 3.34. The predicted molar refractivity (Wildman–Crippen MR) is 90.6 cm³/mol. The van der Waals surface area contributed by atoms with Crippen molar-refractivity contribution in [2.24, 2.45) is 11.8 Å². The normalized spacial score (nSPS) is 27.5. The summed E-state index contributed by atoms with van der Waals surface area (Å²) in [6.07, 6.45) is 9.68. The molecular formula is C20H31N. The van der Waals surface area contributed by atoms with Gasteiger partial charge in [0.25, 0.3) is 0 Å². The lowest BCUT2D eigenvalue weighted by Crippen LogP contribution is -2.29. The molecular weight excluding hydrogens is 254 g/mol.